The summed E-state index contributed by atoms with van der Waals surface area (Å²) in [6.45, 7) is 0.804. The van der Waals surface area contributed by atoms with Crippen LogP contribution < -0.4 is 5.32 Å². The van der Waals surface area contributed by atoms with E-state index in [1.807, 2.05) is 12.1 Å². The number of hydrogen-bond acceptors (Lipinski definition) is 2. The SMILES string of the molecule is Brc1ccc(CNC2CCc3ccccc3C2)o1. The molecule has 1 aromatic heterocycles. The zero-order valence-electron chi connectivity index (χ0n) is 10.2. The zero-order chi connectivity index (χ0) is 12.4. The van der Waals surface area contributed by atoms with Crippen molar-refractivity contribution >= 4 is 15.9 Å². The van der Waals surface area contributed by atoms with Crippen molar-refractivity contribution in [2.24, 2.45) is 0 Å². The minimum Gasteiger partial charge on any atom is -0.453 e. The van der Waals surface area contributed by atoms with Crippen LogP contribution in [-0.2, 0) is 19.4 Å². The number of aryl methyl sites for hydroxylation is 1. The van der Waals surface area contributed by atoms with Gasteiger partial charge >= 0.3 is 0 Å². The van der Waals surface area contributed by atoms with Crippen molar-refractivity contribution in [2.75, 3.05) is 0 Å². The smallest absolute Gasteiger partial charge is 0.169 e. The highest BCUT2D eigenvalue weighted by molar-refractivity contribution is 9.10. The van der Waals surface area contributed by atoms with Gasteiger partial charge in [0.05, 0.1) is 6.54 Å². The van der Waals surface area contributed by atoms with Gasteiger partial charge in [0.2, 0.25) is 0 Å². The lowest BCUT2D eigenvalue weighted by molar-refractivity contribution is 0.409. The van der Waals surface area contributed by atoms with E-state index in [-0.39, 0.29) is 0 Å². The molecule has 2 nitrogen and oxygen atoms in total. The van der Waals surface area contributed by atoms with Crippen molar-refractivity contribution in [3.8, 4) is 0 Å². The van der Waals surface area contributed by atoms with Gasteiger partial charge in [0.25, 0.3) is 0 Å². The third-order valence-corrected chi connectivity index (χ3v) is 3.97. The Bertz CT molecular complexity index is 535. The van der Waals surface area contributed by atoms with Crippen LogP contribution in [0, 0.1) is 0 Å². The molecule has 18 heavy (non-hydrogen) atoms. The first-order chi connectivity index (χ1) is 8.81. The van der Waals surface area contributed by atoms with E-state index in [1.165, 1.54) is 24.0 Å². The minimum atomic E-state index is 0.559. The van der Waals surface area contributed by atoms with Crippen molar-refractivity contribution in [3.63, 3.8) is 0 Å². The van der Waals surface area contributed by atoms with Crippen LogP contribution in [0.1, 0.15) is 23.3 Å². The fourth-order valence-electron chi connectivity index (χ4n) is 2.56. The molecule has 1 aliphatic rings. The fourth-order valence-corrected chi connectivity index (χ4v) is 2.90. The molecule has 1 unspecified atom stereocenters. The van der Waals surface area contributed by atoms with E-state index in [1.54, 1.807) is 0 Å². The minimum absolute atomic E-state index is 0.559. The fraction of sp³-hybridized carbons (Fsp3) is 0.333. The number of rotatable bonds is 3. The quantitative estimate of drug-likeness (QED) is 0.935. The third kappa shape index (κ3) is 2.68. The van der Waals surface area contributed by atoms with Gasteiger partial charge in [0.15, 0.2) is 4.67 Å². The standard InChI is InChI=1S/C15H16BrNO/c16-15-8-7-14(18-15)10-17-13-6-5-11-3-1-2-4-12(11)9-13/h1-4,7-8,13,17H,5-6,9-10H2. The molecule has 1 heterocycles. The van der Waals surface area contributed by atoms with Gasteiger partial charge in [-0.1, -0.05) is 24.3 Å². The molecule has 94 valence electrons. The molecule has 0 saturated heterocycles. The summed E-state index contributed by atoms with van der Waals surface area (Å²) in [6, 6.07) is 13.3. The van der Waals surface area contributed by atoms with Gasteiger partial charge in [-0.2, -0.15) is 0 Å². The van der Waals surface area contributed by atoms with Crippen LogP contribution in [0.25, 0.3) is 0 Å². The second-order valence-corrected chi connectivity index (χ2v) is 5.58. The summed E-state index contributed by atoms with van der Waals surface area (Å²) in [7, 11) is 0. The monoisotopic (exact) mass is 305 g/mol. The second-order valence-electron chi connectivity index (χ2n) is 4.80. The first-order valence-electron chi connectivity index (χ1n) is 6.35. The van der Waals surface area contributed by atoms with Crippen LogP contribution in [0.2, 0.25) is 0 Å². The van der Waals surface area contributed by atoms with Gasteiger partial charge in [-0.3, -0.25) is 0 Å². The molecule has 2 aromatic rings. The Morgan fingerprint density at radius 2 is 2.00 bits per heavy atom. The molecule has 3 rings (SSSR count). The molecule has 0 spiro atoms. The summed E-state index contributed by atoms with van der Waals surface area (Å²) < 4.78 is 6.30. The van der Waals surface area contributed by atoms with Crippen LogP contribution in [-0.4, -0.2) is 6.04 Å². The zero-order valence-corrected chi connectivity index (χ0v) is 11.7. The second kappa shape index (κ2) is 5.29. The Balaban J connectivity index is 1.59. The molecule has 0 amide bonds. The molecule has 1 atom stereocenters. The number of furan rings is 1. The van der Waals surface area contributed by atoms with E-state index in [2.05, 4.69) is 45.5 Å². The lowest BCUT2D eigenvalue weighted by Gasteiger charge is -2.25. The van der Waals surface area contributed by atoms with Crippen LogP contribution in [0.3, 0.4) is 0 Å². The average Bonchev–Trinajstić information content (AvgIpc) is 2.82. The summed E-state index contributed by atoms with van der Waals surface area (Å²) in [4.78, 5) is 0. The van der Waals surface area contributed by atoms with Crippen LogP contribution >= 0.6 is 15.9 Å². The molecule has 0 bridgehead atoms. The number of nitrogens with one attached hydrogen (secondary N) is 1. The number of halogens is 1. The molecule has 3 heteroatoms. The number of benzene rings is 1. The van der Waals surface area contributed by atoms with E-state index in [0.717, 1.165) is 23.4 Å². The molecule has 1 N–H and O–H groups in total. The lowest BCUT2D eigenvalue weighted by atomic mass is 9.88. The van der Waals surface area contributed by atoms with Gasteiger partial charge < -0.3 is 9.73 Å². The van der Waals surface area contributed by atoms with Gasteiger partial charge in [-0.15, -0.1) is 0 Å². The highest BCUT2D eigenvalue weighted by Gasteiger charge is 2.17. The molecular weight excluding hydrogens is 290 g/mol. The third-order valence-electron chi connectivity index (χ3n) is 3.54. The maximum atomic E-state index is 5.50. The van der Waals surface area contributed by atoms with Crippen molar-refractivity contribution in [2.45, 2.75) is 31.8 Å². The Labute approximate surface area is 116 Å². The molecular formula is C15H16BrNO. The van der Waals surface area contributed by atoms with E-state index < -0.39 is 0 Å². The highest BCUT2D eigenvalue weighted by Crippen LogP contribution is 2.21. The Morgan fingerprint density at radius 3 is 2.78 bits per heavy atom. The maximum Gasteiger partial charge on any atom is 0.169 e. The van der Waals surface area contributed by atoms with Crippen molar-refractivity contribution in [1.82, 2.24) is 5.32 Å². The van der Waals surface area contributed by atoms with Crippen LogP contribution in [0.5, 0.6) is 0 Å². The van der Waals surface area contributed by atoms with Gasteiger partial charge in [-0.25, -0.2) is 0 Å². The summed E-state index contributed by atoms with van der Waals surface area (Å²) in [6.07, 6.45) is 3.51. The normalized spacial score (nSPS) is 18.6. The molecule has 0 fully saturated rings. The van der Waals surface area contributed by atoms with Gasteiger partial charge in [0, 0.05) is 6.04 Å². The summed E-state index contributed by atoms with van der Waals surface area (Å²) >= 11 is 3.33. The number of fused-ring (bicyclic) bond motifs is 1. The summed E-state index contributed by atoms with van der Waals surface area (Å²) in [5.74, 6) is 0.987. The average molecular weight is 306 g/mol. The molecule has 1 aromatic carbocycles. The molecule has 0 radical (unpaired) electrons. The maximum absolute atomic E-state index is 5.50. The van der Waals surface area contributed by atoms with Crippen LogP contribution in [0.15, 0.2) is 45.5 Å². The van der Waals surface area contributed by atoms with E-state index in [9.17, 15) is 0 Å². The topological polar surface area (TPSA) is 25.2 Å². The Kier molecular flexibility index (Phi) is 3.52. The number of hydrogen-bond donors (Lipinski definition) is 1. The Morgan fingerprint density at radius 1 is 1.17 bits per heavy atom. The molecule has 0 aliphatic heterocycles. The summed E-state index contributed by atoms with van der Waals surface area (Å²) in [5, 5.41) is 3.58. The van der Waals surface area contributed by atoms with E-state index in [4.69, 9.17) is 4.42 Å². The Hall–Kier alpha value is -1.06. The van der Waals surface area contributed by atoms with Gasteiger partial charge in [-0.05, 0) is 58.5 Å². The predicted octanol–water partition coefficient (Wildman–Crippen LogP) is 3.69. The van der Waals surface area contributed by atoms with Crippen molar-refractivity contribution in [1.29, 1.82) is 0 Å². The van der Waals surface area contributed by atoms with Crippen molar-refractivity contribution in [3.05, 3.63) is 58.0 Å². The van der Waals surface area contributed by atoms with Crippen molar-refractivity contribution < 1.29 is 4.42 Å². The first-order valence-corrected chi connectivity index (χ1v) is 7.15. The van der Waals surface area contributed by atoms with Crippen LogP contribution in [0.4, 0.5) is 0 Å². The van der Waals surface area contributed by atoms with E-state index >= 15 is 0 Å². The predicted molar refractivity (Wildman–Crippen MR) is 75.5 cm³/mol. The van der Waals surface area contributed by atoms with Gasteiger partial charge in [0.1, 0.15) is 5.76 Å². The first kappa shape index (κ1) is 12.0. The summed E-state index contributed by atoms with van der Waals surface area (Å²) in [5.41, 5.74) is 3.00. The largest absolute Gasteiger partial charge is 0.453 e. The molecule has 0 saturated carbocycles. The highest BCUT2D eigenvalue weighted by atomic mass is 79.9. The lowest BCUT2D eigenvalue weighted by Crippen LogP contribution is -2.33. The van der Waals surface area contributed by atoms with E-state index in [0.29, 0.717) is 6.04 Å². The molecule has 1 aliphatic carbocycles.